The molecule has 14 heavy (non-hydrogen) atoms. The number of rotatable bonds is 6. The Balaban J connectivity index is 1.89. The Morgan fingerprint density at radius 1 is 1.50 bits per heavy atom. The van der Waals surface area contributed by atoms with Gasteiger partial charge in [0.05, 0.1) is 6.10 Å². The highest BCUT2D eigenvalue weighted by atomic mass is 16.5. The largest absolute Gasteiger partial charge is 0.377 e. The summed E-state index contributed by atoms with van der Waals surface area (Å²) in [6, 6.07) is 0. The van der Waals surface area contributed by atoms with Crippen LogP contribution in [0.25, 0.3) is 0 Å². The molecule has 82 valence electrons. The maximum atomic E-state index is 5.74. The van der Waals surface area contributed by atoms with Crippen molar-refractivity contribution in [3.05, 3.63) is 11.6 Å². The lowest BCUT2D eigenvalue weighted by Gasteiger charge is -2.09. The summed E-state index contributed by atoms with van der Waals surface area (Å²) in [5.41, 5.74) is 1.49. The summed E-state index contributed by atoms with van der Waals surface area (Å²) in [7, 11) is 0. The van der Waals surface area contributed by atoms with E-state index < -0.39 is 0 Å². The molecule has 1 N–H and O–H groups in total. The third-order valence-electron chi connectivity index (χ3n) is 2.83. The van der Waals surface area contributed by atoms with E-state index in [1.54, 1.807) is 0 Å². The van der Waals surface area contributed by atoms with Crippen LogP contribution in [0.15, 0.2) is 11.6 Å². The molecule has 0 amide bonds. The van der Waals surface area contributed by atoms with E-state index in [9.17, 15) is 0 Å². The molecule has 1 fully saturated rings. The van der Waals surface area contributed by atoms with Crippen molar-refractivity contribution in [2.24, 2.45) is 0 Å². The van der Waals surface area contributed by atoms with Gasteiger partial charge in [-0.25, -0.2) is 0 Å². The molecule has 0 saturated carbocycles. The van der Waals surface area contributed by atoms with Crippen LogP contribution in [0.1, 0.15) is 39.5 Å². The Morgan fingerprint density at radius 2 is 2.36 bits per heavy atom. The summed E-state index contributed by atoms with van der Waals surface area (Å²) in [5.74, 6) is 0. The molecule has 1 aliphatic heterocycles. The van der Waals surface area contributed by atoms with Gasteiger partial charge in [-0.2, -0.15) is 0 Å². The van der Waals surface area contributed by atoms with E-state index in [0.29, 0.717) is 6.10 Å². The van der Waals surface area contributed by atoms with Crippen molar-refractivity contribution in [1.82, 2.24) is 5.32 Å². The van der Waals surface area contributed by atoms with Gasteiger partial charge in [0.2, 0.25) is 0 Å². The molecule has 1 aliphatic rings. The van der Waals surface area contributed by atoms with E-state index in [2.05, 4.69) is 25.2 Å². The predicted molar refractivity (Wildman–Crippen MR) is 60.5 cm³/mol. The SMILES string of the molecule is C/C=C(/C)CCCCOC1CCNC1. The van der Waals surface area contributed by atoms with Crippen LogP contribution in [0.4, 0.5) is 0 Å². The van der Waals surface area contributed by atoms with Gasteiger partial charge in [-0.3, -0.25) is 0 Å². The van der Waals surface area contributed by atoms with Crippen LogP contribution in [0.5, 0.6) is 0 Å². The second-order valence-electron chi connectivity index (χ2n) is 4.08. The molecule has 1 saturated heterocycles. The van der Waals surface area contributed by atoms with Crippen molar-refractivity contribution in [2.75, 3.05) is 19.7 Å². The zero-order chi connectivity index (χ0) is 10.2. The standard InChI is InChI=1S/C12H23NO/c1-3-11(2)6-4-5-9-14-12-7-8-13-10-12/h3,12-13H,4-10H2,1-2H3/b11-3-. The summed E-state index contributed by atoms with van der Waals surface area (Å²) in [6.07, 6.45) is 7.55. The van der Waals surface area contributed by atoms with Crippen molar-refractivity contribution in [3.8, 4) is 0 Å². The summed E-state index contributed by atoms with van der Waals surface area (Å²) in [6.45, 7) is 7.41. The Bertz CT molecular complexity index is 171. The molecule has 1 heterocycles. The maximum Gasteiger partial charge on any atom is 0.0711 e. The Labute approximate surface area is 87.7 Å². The molecule has 0 spiro atoms. The highest BCUT2D eigenvalue weighted by molar-refractivity contribution is 4.94. The molecule has 1 unspecified atom stereocenters. The van der Waals surface area contributed by atoms with Crippen LogP contribution in [-0.2, 0) is 4.74 Å². The lowest BCUT2D eigenvalue weighted by atomic mass is 10.1. The van der Waals surface area contributed by atoms with Crippen LogP contribution in [0.3, 0.4) is 0 Å². The molecule has 0 aromatic rings. The first-order chi connectivity index (χ1) is 6.83. The van der Waals surface area contributed by atoms with E-state index in [1.165, 1.54) is 31.3 Å². The highest BCUT2D eigenvalue weighted by Gasteiger charge is 2.13. The number of nitrogens with one attached hydrogen (secondary N) is 1. The third-order valence-corrected chi connectivity index (χ3v) is 2.83. The molecule has 1 atom stereocenters. The van der Waals surface area contributed by atoms with Gasteiger partial charge in [-0.05, 0) is 46.1 Å². The second-order valence-corrected chi connectivity index (χ2v) is 4.08. The molecule has 0 bridgehead atoms. The Hall–Kier alpha value is -0.340. The van der Waals surface area contributed by atoms with Gasteiger partial charge in [-0.1, -0.05) is 11.6 Å². The molecular formula is C12H23NO. The summed E-state index contributed by atoms with van der Waals surface area (Å²) in [5, 5.41) is 3.31. The van der Waals surface area contributed by atoms with Gasteiger partial charge < -0.3 is 10.1 Å². The number of allylic oxidation sites excluding steroid dienone is 2. The predicted octanol–water partition coefficient (Wildman–Crippen LogP) is 2.50. The van der Waals surface area contributed by atoms with Gasteiger partial charge in [0.25, 0.3) is 0 Å². The van der Waals surface area contributed by atoms with Crippen LogP contribution in [0.2, 0.25) is 0 Å². The average Bonchev–Trinajstić information content (AvgIpc) is 2.69. The van der Waals surface area contributed by atoms with Gasteiger partial charge >= 0.3 is 0 Å². The molecular weight excluding hydrogens is 174 g/mol. The average molecular weight is 197 g/mol. The molecule has 0 aromatic heterocycles. The minimum absolute atomic E-state index is 0.484. The fraction of sp³-hybridized carbons (Fsp3) is 0.833. The zero-order valence-corrected chi connectivity index (χ0v) is 9.51. The second kappa shape index (κ2) is 7.02. The number of ether oxygens (including phenoxy) is 1. The number of hydrogen-bond acceptors (Lipinski definition) is 2. The van der Waals surface area contributed by atoms with Crippen molar-refractivity contribution < 1.29 is 4.74 Å². The van der Waals surface area contributed by atoms with E-state index in [1.807, 2.05) is 0 Å². The first-order valence-electron chi connectivity index (χ1n) is 5.77. The normalized spacial score (nSPS) is 23.0. The first-order valence-corrected chi connectivity index (χ1v) is 5.77. The fourth-order valence-electron chi connectivity index (χ4n) is 1.67. The molecule has 0 aliphatic carbocycles. The number of hydrogen-bond donors (Lipinski definition) is 1. The highest BCUT2D eigenvalue weighted by Crippen LogP contribution is 2.08. The summed E-state index contributed by atoms with van der Waals surface area (Å²) in [4.78, 5) is 0. The van der Waals surface area contributed by atoms with Crippen molar-refractivity contribution in [3.63, 3.8) is 0 Å². The van der Waals surface area contributed by atoms with Gasteiger partial charge in [-0.15, -0.1) is 0 Å². The molecule has 2 heteroatoms. The first kappa shape index (κ1) is 11.7. The van der Waals surface area contributed by atoms with Gasteiger partial charge in [0.1, 0.15) is 0 Å². The lowest BCUT2D eigenvalue weighted by molar-refractivity contribution is 0.0645. The molecule has 0 aromatic carbocycles. The monoisotopic (exact) mass is 197 g/mol. The fourth-order valence-corrected chi connectivity index (χ4v) is 1.67. The van der Waals surface area contributed by atoms with E-state index in [0.717, 1.165) is 19.7 Å². The van der Waals surface area contributed by atoms with Crippen molar-refractivity contribution in [1.29, 1.82) is 0 Å². The summed E-state index contributed by atoms with van der Waals surface area (Å²) >= 11 is 0. The van der Waals surface area contributed by atoms with Crippen LogP contribution >= 0.6 is 0 Å². The van der Waals surface area contributed by atoms with Crippen molar-refractivity contribution >= 4 is 0 Å². The van der Waals surface area contributed by atoms with E-state index in [4.69, 9.17) is 4.74 Å². The van der Waals surface area contributed by atoms with E-state index in [-0.39, 0.29) is 0 Å². The molecule has 0 radical (unpaired) electrons. The lowest BCUT2D eigenvalue weighted by Crippen LogP contribution is -2.17. The maximum absolute atomic E-state index is 5.74. The number of unbranched alkanes of at least 4 members (excludes halogenated alkanes) is 1. The Morgan fingerprint density at radius 3 is 3.00 bits per heavy atom. The minimum atomic E-state index is 0.484. The van der Waals surface area contributed by atoms with Crippen LogP contribution in [0, 0.1) is 0 Å². The molecule has 1 rings (SSSR count). The van der Waals surface area contributed by atoms with Gasteiger partial charge in [0, 0.05) is 13.2 Å². The zero-order valence-electron chi connectivity index (χ0n) is 9.51. The van der Waals surface area contributed by atoms with Crippen LogP contribution < -0.4 is 5.32 Å². The molecule has 2 nitrogen and oxygen atoms in total. The third kappa shape index (κ3) is 4.77. The summed E-state index contributed by atoms with van der Waals surface area (Å²) < 4.78 is 5.74. The smallest absolute Gasteiger partial charge is 0.0711 e. The quantitative estimate of drug-likeness (QED) is 0.522. The minimum Gasteiger partial charge on any atom is -0.377 e. The van der Waals surface area contributed by atoms with Gasteiger partial charge in [0.15, 0.2) is 0 Å². The van der Waals surface area contributed by atoms with Crippen molar-refractivity contribution in [2.45, 2.75) is 45.6 Å². The van der Waals surface area contributed by atoms with Crippen LogP contribution in [-0.4, -0.2) is 25.8 Å². The topological polar surface area (TPSA) is 21.3 Å². The van der Waals surface area contributed by atoms with E-state index >= 15 is 0 Å². The Kier molecular flexibility index (Phi) is 5.88.